The predicted octanol–water partition coefficient (Wildman–Crippen LogP) is 4.10. The molecule has 0 spiro atoms. The molecule has 170 valence electrons. The fourth-order valence-electron chi connectivity index (χ4n) is 2.78. The summed E-state index contributed by atoms with van der Waals surface area (Å²) in [4.78, 5) is 22.4. The Balaban J connectivity index is 1.54. The Kier molecular flexibility index (Phi) is 7.96. The minimum atomic E-state index is -0.855. The van der Waals surface area contributed by atoms with Gasteiger partial charge >= 0.3 is 0 Å². The van der Waals surface area contributed by atoms with Crippen molar-refractivity contribution in [2.75, 3.05) is 7.11 Å². The molecular weight excluding hydrogens is 426 g/mol. The van der Waals surface area contributed by atoms with Crippen molar-refractivity contribution in [3.8, 4) is 17.2 Å². The first-order valence-electron chi connectivity index (χ1n) is 10.0. The van der Waals surface area contributed by atoms with Gasteiger partial charge < -0.3 is 14.2 Å². The fraction of sp³-hybridized carbons (Fsp3) is 0.167. The number of hydrazone groups is 1. The summed E-state index contributed by atoms with van der Waals surface area (Å²) in [6, 6.07) is 20.6. The van der Waals surface area contributed by atoms with Crippen molar-refractivity contribution >= 4 is 17.8 Å². The normalized spacial score (nSPS) is 11.6. The van der Waals surface area contributed by atoms with Gasteiger partial charge in [-0.2, -0.15) is 5.10 Å². The highest BCUT2D eigenvalue weighted by atomic mass is 16.6. The van der Waals surface area contributed by atoms with Crippen molar-refractivity contribution in [1.29, 1.82) is 0 Å². The van der Waals surface area contributed by atoms with Crippen LogP contribution in [0.5, 0.6) is 17.2 Å². The molecule has 9 heteroatoms. The number of ether oxygens (including phenoxy) is 3. The molecule has 0 aliphatic carbocycles. The van der Waals surface area contributed by atoms with Crippen molar-refractivity contribution in [2.45, 2.75) is 19.6 Å². The highest BCUT2D eigenvalue weighted by Crippen LogP contribution is 2.28. The Morgan fingerprint density at radius 2 is 1.82 bits per heavy atom. The van der Waals surface area contributed by atoms with E-state index in [1.54, 1.807) is 32.2 Å². The quantitative estimate of drug-likeness (QED) is 0.283. The smallest absolute Gasteiger partial charge is 0.280 e. The number of amides is 1. The van der Waals surface area contributed by atoms with Crippen LogP contribution in [-0.4, -0.2) is 30.3 Å². The highest BCUT2D eigenvalue weighted by Gasteiger charge is 2.15. The van der Waals surface area contributed by atoms with Gasteiger partial charge in [-0.15, -0.1) is 0 Å². The number of methoxy groups -OCH3 is 1. The van der Waals surface area contributed by atoms with E-state index in [2.05, 4.69) is 10.5 Å². The van der Waals surface area contributed by atoms with Crippen molar-refractivity contribution in [2.24, 2.45) is 5.10 Å². The molecule has 3 aromatic carbocycles. The van der Waals surface area contributed by atoms with E-state index in [4.69, 9.17) is 14.2 Å². The van der Waals surface area contributed by atoms with Gasteiger partial charge in [-0.1, -0.05) is 30.3 Å². The third-order valence-electron chi connectivity index (χ3n) is 4.54. The lowest BCUT2D eigenvalue weighted by molar-refractivity contribution is -0.384. The number of nitrogens with one attached hydrogen (secondary N) is 1. The zero-order chi connectivity index (χ0) is 23.6. The van der Waals surface area contributed by atoms with Crippen LogP contribution in [0.15, 0.2) is 77.9 Å². The Labute approximate surface area is 190 Å². The molecule has 1 unspecified atom stereocenters. The Hall–Kier alpha value is -4.40. The Bertz CT molecular complexity index is 1120. The fourth-order valence-corrected chi connectivity index (χ4v) is 2.78. The number of hydrogen-bond acceptors (Lipinski definition) is 7. The maximum atomic E-state index is 12.2. The van der Waals surface area contributed by atoms with Crippen LogP contribution in [0, 0.1) is 10.1 Å². The van der Waals surface area contributed by atoms with Gasteiger partial charge in [0.25, 0.3) is 11.6 Å². The van der Waals surface area contributed by atoms with E-state index >= 15 is 0 Å². The third-order valence-corrected chi connectivity index (χ3v) is 4.54. The van der Waals surface area contributed by atoms with E-state index in [0.717, 1.165) is 5.56 Å². The van der Waals surface area contributed by atoms with Crippen LogP contribution >= 0.6 is 0 Å². The first-order chi connectivity index (χ1) is 16.0. The summed E-state index contributed by atoms with van der Waals surface area (Å²) in [5, 5.41) is 14.6. The first-order valence-corrected chi connectivity index (χ1v) is 10.0. The van der Waals surface area contributed by atoms with Crippen molar-refractivity contribution in [1.82, 2.24) is 5.43 Å². The summed E-state index contributed by atoms with van der Waals surface area (Å²) in [5.41, 5.74) is 4.08. The minimum absolute atomic E-state index is 0.0593. The number of nitro benzene ring substituents is 1. The third kappa shape index (κ3) is 6.79. The molecule has 9 nitrogen and oxygen atoms in total. The summed E-state index contributed by atoms with van der Waals surface area (Å²) in [7, 11) is 1.55. The average Bonchev–Trinajstić information content (AvgIpc) is 2.83. The summed E-state index contributed by atoms with van der Waals surface area (Å²) >= 11 is 0. The monoisotopic (exact) mass is 449 g/mol. The molecule has 1 amide bonds. The van der Waals surface area contributed by atoms with Gasteiger partial charge in [0.15, 0.2) is 17.6 Å². The van der Waals surface area contributed by atoms with E-state index in [0.29, 0.717) is 29.4 Å². The largest absolute Gasteiger partial charge is 0.493 e. The van der Waals surface area contributed by atoms with Crippen LogP contribution in [-0.2, 0) is 11.4 Å². The van der Waals surface area contributed by atoms with E-state index < -0.39 is 16.9 Å². The van der Waals surface area contributed by atoms with Gasteiger partial charge in [0, 0.05) is 12.1 Å². The van der Waals surface area contributed by atoms with Gasteiger partial charge in [-0.05, 0) is 48.4 Å². The lowest BCUT2D eigenvalue weighted by Crippen LogP contribution is -2.33. The van der Waals surface area contributed by atoms with Crippen LogP contribution < -0.4 is 19.6 Å². The molecule has 3 rings (SSSR count). The molecule has 33 heavy (non-hydrogen) atoms. The molecule has 3 aromatic rings. The molecule has 0 aromatic heterocycles. The topological polar surface area (TPSA) is 112 Å². The highest BCUT2D eigenvalue weighted by molar-refractivity contribution is 5.84. The van der Waals surface area contributed by atoms with E-state index in [9.17, 15) is 14.9 Å². The number of carbonyl (C=O) groups is 1. The Morgan fingerprint density at radius 1 is 1.09 bits per heavy atom. The number of hydrogen-bond donors (Lipinski definition) is 1. The number of nitrogens with zero attached hydrogens (tertiary/aromatic N) is 2. The average molecular weight is 449 g/mol. The van der Waals surface area contributed by atoms with Crippen LogP contribution in [0.2, 0.25) is 0 Å². The first kappa shape index (κ1) is 23.3. The summed E-state index contributed by atoms with van der Waals surface area (Å²) < 4.78 is 16.7. The van der Waals surface area contributed by atoms with Gasteiger partial charge in [0.2, 0.25) is 0 Å². The summed E-state index contributed by atoms with van der Waals surface area (Å²) in [6.07, 6.45) is 0.617. The molecular formula is C24H23N3O6. The maximum Gasteiger partial charge on any atom is 0.280 e. The van der Waals surface area contributed by atoms with Gasteiger partial charge in [-0.25, -0.2) is 5.43 Å². The van der Waals surface area contributed by atoms with Crippen LogP contribution in [0.4, 0.5) is 5.69 Å². The van der Waals surface area contributed by atoms with E-state index in [1.807, 2.05) is 30.3 Å². The molecule has 0 heterocycles. The molecule has 0 aliphatic heterocycles. The lowest BCUT2D eigenvalue weighted by atomic mass is 10.2. The standard InChI is InChI=1S/C24H23N3O6/c1-17(33-21-11-9-20(10-12-21)27(29)30)24(28)26-25-15-19-8-13-22(23(14-19)31-2)32-16-18-6-4-3-5-7-18/h3-15,17H,16H2,1-2H3,(H,26,28)/b25-15+. The van der Waals surface area contributed by atoms with Crippen molar-refractivity contribution in [3.63, 3.8) is 0 Å². The van der Waals surface area contributed by atoms with Crippen LogP contribution in [0.1, 0.15) is 18.1 Å². The molecule has 1 N–H and O–H groups in total. The SMILES string of the molecule is COc1cc(/C=N/NC(=O)C(C)Oc2ccc([N+](=O)[O-])cc2)ccc1OCc1ccccc1. The maximum absolute atomic E-state index is 12.2. The van der Waals surface area contributed by atoms with Crippen molar-refractivity contribution < 1.29 is 23.9 Å². The molecule has 0 fully saturated rings. The van der Waals surface area contributed by atoms with Gasteiger partial charge in [-0.3, -0.25) is 14.9 Å². The minimum Gasteiger partial charge on any atom is -0.493 e. The predicted molar refractivity (Wildman–Crippen MR) is 123 cm³/mol. The van der Waals surface area contributed by atoms with Crippen molar-refractivity contribution in [3.05, 3.63) is 94.0 Å². The summed E-state index contributed by atoms with van der Waals surface area (Å²) in [6.45, 7) is 1.96. The lowest BCUT2D eigenvalue weighted by Gasteiger charge is -2.13. The number of carbonyl (C=O) groups excluding carboxylic acids is 1. The number of nitro groups is 1. The second-order valence-electron chi connectivity index (χ2n) is 6.93. The van der Waals surface area contributed by atoms with E-state index in [-0.39, 0.29) is 5.69 Å². The zero-order valence-electron chi connectivity index (χ0n) is 18.1. The number of benzene rings is 3. The number of non-ortho nitro benzene ring substituents is 1. The molecule has 0 radical (unpaired) electrons. The van der Waals surface area contributed by atoms with E-state index in [1.165, 1.54) is 30.5 Å². The molecule has 0 aliphatic rings. The molecule has 0 saturated heterocycles. The van der Waals surface area contributed by atoms with Gasteiger partial charge in [0.1, 0.15) is 12.4 Å². The Morgan fingerprint density at radius 3 is 2.48 bits per heavy atom. The van der Waals surface area contributed by atoms with Crippen LogP contribution in [0.25, 0.3) is 0 Å². The molecule has 1 atom stereocenters. The van der Waals surface area contributed by atoms with Crippen LogP contribution in [0.3, 0.4) is 0 Å². The molecule has 0 bridgehead atoms. The second-order valence-corrected chi connectivity index (χ2v) is 6.93. The second kappa shape index (κ2) is 11.3. The number of rotatable bonds is 10. The summed E-state index contributed by atoms with van der Waals surface area (Å²) in [5.74, 6) is 0.992. The van der Waals surface area contributed by atoms with Gasteiger partial charge in [0.05, 0.1) is 18.2 Å². The molecule has 0 saturated carbocycles. The zero-order valence-corrected chi connectivity index (χ0v) is 18.1.